The average Bonchev–Trinajstić information content (AvgIpc) is 2.82. The van der Waals surface area contributed by atoms with Gasteiger partial charge in [0.05, 0.1) is 16.8 Å². The lowest BCUT2D eigenvalue weighted by Gasteiger charge is -2.24. The Labute approximate surface area is 193 Å². The Morgan fingerprint density at radius 2 is 1.44 bits per heavy atom. The minimum absolute atomic E-state index is 0.145. The first-order chi connectivity index (χ1) is 15.7. The number of aryl methyl sites for hydroxylation is 1. The van der Waals surface area contributed by atoms with Crippen LogP contribution < -0.4 is 0 Å². The number of nitrogens with zero attached hydrogens (tertiary/aromatic N) is 2. The smallest absolute Gasteiger partial charge is 0.254 e. The Morgan fingerprint density at radius 3 is 2.09 bits per heavy atom. The number of unbranched alkanes of at least 4 members (excludes halogenated alkanes) is 6. The highest BCUT2D eigenvalue weighted by atomic mass is 16.2. The first-order valence-corrected chi connectivity index (χ1v) is 12.4. The molecule has 32 heavy (non-hydrogen) atoms. The molecule has 0 fully saturated rings. The number of carbonyl (C=O) groups is 1. The molecule has 1 heterocycles. The standard InChI is InChI=1S/C29H38N2O/c1-4-6-8-14-20-31(21-15-9-7-5-2)29(32)26-22-28(24-17-11-10-16-23(24)3)30-27-19-13-12-18-25(26)27/h10-13,16-19,22H,4-9,14-15,20-21H2,1-3H3. The molecule has 0 unspecified atom stereocenters. The predicted molar refractivity (Wildman–Crippen MR) is 136 cm³/mol. The zero-order valence-corrected chi connectivity index (χ0v) is 20.1. The van der Waals surface area contributed by atoms with Crippen LogP contribution in [0.2, 0.25) is 0 Å². The van der Waals surface area contributed by atoms with Gasteiger partial charge in [-0.25, -0.2) is 4.98 Å². The van der Waals surface area contributed by atoms with Gasteiger partial charge in [-0.05, 0) is 37.5 Å². The number of aromatic nitrogens is 1. The van der Waals surface area contributed by atoms with Crippen molar-refractivity contribution in [2.75, 3.05) is 13.1 Å². The van der Waals surface area contributed by atoms with Gasteiger partial charge in [0.25, 0.3) is 5.91 Å². The van der Waals surface area contributed by atoms with Crippen molar-refractivity contribution in [1.29, 1.82) is 0 Å². The van der Waals surface area contributed by atoms with Crippen LogP contribution in [0.4, 0.5) is 0 Å². The molecule has 0 aliphatic rings. The number of fused-ring (bicyclic) bond motifs is 1. The molecule has 0 N–H and O–H groups in total. The van der Waals surface area contributed by atoms with Crippen molar-refractivity contribution in [1.82, 2.24) is 9.88 Å². The van der Waals surface area contributed by atoms with Crippen LogP contribution in [-0.2, 0) is 0 Å². The van der Waals surface area contributed by atoms with Crippen molar-refractivity contribution >= 4 is 16.8 Å². The normalized spacial score (nSPS) is 11.1. The van der Waals surface area contributed by atoms with Crippen molar-refractivity contribution in [2.24, 2.45) is 0 Å². The van der Waals surface area contributed by atoms with Gasteiger partial charge in [0, 0.05) is 24.0 Å². The number of rotatable bonds is 12. The van der Waals surface area contributed by atoms with Gasteiger partial charge in [-0.2, -0.15) is 0 Å². The van der Waals surface area contributed by atoms with Crippen LogP contribution in [0.15, 0.2) is 54.6 Å². The van der Waals surface area contributed by atoms with E-state index in [9.17, 15) is 4.79 Å². The Balaban J connectivity index is 1.95. The fourth-order valence-corrected chi connectivity index (χ4v) is 4.29. The Bertz CT molecular complexity index is 999. The molecule has 3 heteroatoms. The van der Waals surface area contributed by atoms with Gasteiger partial charge in [-0.3, -0.25) is 4.79 Å². The molecular weight excluding hydrogens is 392 g/mol. The van der Waals surface area contributed by atoms with Crippen LogP contribution in [0.25, 0.3) is 22.2 Å². The van der Waals surface area contributed by atoms with Crippen LogP contribution >= 0.6 is 0 Å². The molecule has 0 aliphatic carbocycles. The van der Waals surface area contributed by atoms with Crippen LogP contribution in [0, 0.1) is 6.92 Å². The number of carbonyl (C=O) groups excluding carboxylic acids is 1. The fourth-order valence-electron chi connectivity index (χ4n) is 4.29. The lowest BCUT2D eigenvalue weighted by Crippen LogP contribution is -2.33. The largest absolute Gasteiger partial charge is 0.339 e. The molecule has 2 aromatic carbocycles. The van der Waals surface area contributed by atoms with Gasteiger partial charge in [0.15, 0.2) is 0 Å². The van der Waals surface area contributed by atoms with Crippen molar-refractivity contribution in [3.63, 3.8) is 0 Å². The van der Waals surface area contributed by atoms with E-state index in [4.69, 9.17) is 4.98 Å². The molecule has 0 aliphatic heterocycles. The summed E-state index contributed by atoms with van der Waals surface area (Å²) in [6.45, 7) is 8.22. The minimum Gasteiger partial charge on any atom is -0.339 e. The van der Waals surface area contributed by atoms with Gasteiger partial charge >= 0.3 is 0 Å². The van der Waals surface area contributed by atoms with E-state index in [-0.39, 0.29) is 5.91 Å². The highest BCUT2D eigenvalue weighted by molar-refractivity contribution is 6.07. The maximum Gasteiger partial charge on any atom is 0.254 e. The lowest BCUT2D eigenvalue weighted by atomic mass is 10.00. The van der Waals surface area contributed by atoms with Crippen LogP contribution in [-0.4, -0.2) is 28.9 Å². The molecule has 1 amide bonds. The first kappa shape index (κ1) is 24.0. The topological polar surface area (TPSA) is 33.2 Å². The van der Waals surface area contributed by atoms with Crippen LogP contribution in [0.5, 0.6) is 0 Å². The van der Waals surface area contributed by atoms with Crippen molar-refractivity contribution in [2.45, 2.75) is 72.1 Å². The molecule has 0 radical (unpaired) electrons. The summed E-state index contributed by atoms with van der Waals surface area (Å²) in [4.78, 5) is 20.9. The third kappa shape index (κ3) is 6.18. The van der Waals surface area contributed by atoms with E-state index in [0.29, 0.717) is 0 Å². The Hall–Kier alpha value is -2.68. The molecule has 3 aromatic rings. The molecular formula is C29H38N2O. The molecule has 0 atom stereocenters. The third-order valence-corrected chi connectivity index (χ3v) is 6.22. The Morgan fingerprint density at radius 1 is 0.812 bits per heavy atom. The molecule has 0 spiro atoms. The summed E-state index contributed by atoms with van der Waals surface area (Å²) in [7, 11) is 0. The Kier molecular flexibility index (Phi) is 9.27. The van der Waals surface area contributed by atoms with Gasteiger partial charge in [-0.1, -0.05) is 94.8 Å². The molecule has 0 bridgehead atoms. The van der Waals surface area contributed by atoms with Gasteiger partial charge < -0.3 is 4.90 Å². The third-order valence-electron chi connectivity index (χ3n) is 6.22. The van der Waals surface area contributed by atoms with E-state index in [1.165, 1.54) is 44.1 Å². The summed E-state index contributed by atoms with van der Waals surface area (Å²) in [5, 5.41) is 0.946. The van der Waals surface area contributed by atoms with E-state index in [0.717, 1.165) is 53.7 Å². The highest BCUT2D eigenvalue weighted by Crippen LogP contribution is 2.28. The van der Waals surface area contributed by atoms with Gasteiger partial charge in [-0.15, -0.1) is 0 Å². The van der Waals surface area contributed by atoms with E-state index in [1.54, 1.807) is 0 Å². The number of pyridine rings is 1. The fraction of sp³-hybridized carbons (Fsp3) is 0.448. The quantitative estimate of drug-likeness (QED) is 0.274. The molecule has 3 nitrogen and oxygen atoms in total. The van der Waals surface area contributed by atoms with Crippen molar-refractivity contribution < 1.29 is 4.79 Å². The van der Waals surface area contributed by atoms with Gasteiger partial charge in [0.1, 0.15) is 0 Å². The van der Waals surface area contributed by atoms with E-state index in [1.807, 2.05) is 42.5 Å². The lowest BCUT2D eigenvalue weighted by molar-refractivity contribution is 0.0751. The molecule has 170 valence electrons. The maximum atomic E-state index is 13.9. The zero-order valence-electron chi connectivity index (χ0n) is 20.1. The van der Waals surface area contributed by atoms with Crippen LogP contribution in [0.3, 0.4) is 0 Å². The second-order valence-electron chi connectivity index (χ2n) is 8.80. The van der Waals surface area contributed by atoms with E-state index in [2.05, 4.69) is 37.8 Å². The number of hydrogen-bond donors (Lipinski definition) is 0. The summed E-state index contributed by atoms with van der Waals surface area (Å²) in [6.07, 6.45) is 9.38. The second kappa shape index (κ2) is 12.4. The molecule has 3 rings (SSSR count). The van der Waals surface area contributed by atoms with Gasteiger partial charge in [0.2, 0.25) is 0 Å². The number of benzene rings is 2. The second-order valence-corrected chi connectivity index (χ2v) is 8.80. The minimum atomic E-state index is 0.145. The monoisotopic (exact) mass is 430 g/mol. The number of hydrogen-bond acceptors (Lipinski definition) is 2. The maximum absolute atomic E-state index is 13.9. The zero-order chi connectivity index (χ0) is 22.8. The van der Waals surface area contributed by atoms with Crippen molar-refractivity contribution in [3.8, 4) is 11.3 Å². The predicted octanol–water partition coefficient (Wildman–Crippen LogP) is 7.81. The summed E-state index contributed by atoms with van der Waals surface area (Å²) >= 11 is 0. The molecule has 0 saturated carbocycles. The average molecular weight is 431 g/mol. The van der Waals surface area contributed by atoms with E-state index >= 15 is 0 Å². The molecule has 1 aromatic heterocycles. The summed E-state index contributed by atoms with van der Waals surface area (Å²) < 4.78 is 0. The molecule has 0 saturated heterocycles. The number of para-hydroxylation sites is 1. The van der Waals surface area contributed by atoms with Crippen LogP contribution in [0.1, 0.15) is 81.1 Å². The first-order valence-electron chi connectivity index (χ1n) is 12.4. The SMILES string of the molecule is CCCCCCN(CCCCCC)C(=O)c1cc(-c2ccccc2C)nc2ccccc12. The highest BCUT2D eigenvalue weighted by Gasteiger charge is 2.20. The van der Waals surface area contributed by atoms with Crippen molar-refractivity contribution in [3.05, 3.63) is 65.7 Å². The summed E-state index contributed by atoms with van der Waals surface area (Å²) in [5.41, 5.74) is 4.80. The summed E-state index contributed by atoms with van der Waals surface area (Å²) in [5.74, 6) is 0.145. The summed E-state index contributed by atoms with van der Waals surface area (Å²) in [6, 6.07) is 18.3. The number of amides is 1. The van der Waals surface area contributed by atoms with E-state index < -0.39 is 0 Å².